The number of nitrogens with two attached hydrogens (primary N) is 1. The van der Waals surface area contributed by atoms with Crippen LogP contribution < -0.4 is 5.73 Å². The van der Waals surface area contributed by atoms with Crippen LogP contribution in [0.4, 0.5) is 5.69 Å². The molecule has 0 spiro atoms. The second-order valence-electron chi connectivity index (χ2n) is 6.11. The lowest BCUT2D eigenvalue weighted by atomic mass is 9.92. The van der Waals surface area contributed by atoms with Gasteiger partial charge in [-0.3, -0.25) is 0 Å². The van der Waals surface area contributed by atoms with E-state index in [1.165, 1.54) is 0 Å². The molecule has 0 aliphatic carbocycles. The van der Waals surface area contributed by atoms with Crippen LogP contribution in [0.3, 0.4) is 0 Å². The first-order valence-corrected chi connectivity index (χ1v) is 6.49. The van der Waals surface area contributed by atoms with Crippen LogP contribution in [-0.2, 0) is 6.54 Å². The van der Waals surface area contributed by atoms with Crippen LogP contribution in [0.1, 0.15) is 32.8 Å². The van der Waals surface area contributed by atoms with Crippen LogP contribution in [0.25, 0.3) is 11.4 Å². The van der Waals surface area contributed by atoms with E-state index in [4.69, 9.17) is 5.73 Å². The largest absolute Gasteiger partial charge is 0.399 e. The molecular formula is C14H21N5. The van der Waals surface area contributed by atoms with Gasteiger partial charge in [0.1, 0.15) is 0 Å². The molecule has 1 aromatic carbocycles. The van der Waals surface area contributed by atoms with Gasteiger partial charge in [0, 0.05) is 17.8 Å². The maximum absolute atomic E-state index is 5.85. The van der Waals surface area contributed by atoms with E-state index in [0.29, 0.717) is 0 Å². The molecule has 0 saturated carbocycles. The summed E-state index contributed by atoms with van der Waals surface area (Å²) in [4.78, 5) is 0. The zero-order valence-electron chi connectivity index (χ0n) is 12.0. The van der Waals surface area contributed by atoms with Crippen molar-refractivity contribution in [3.8, 4) is 11.4 Å². The molecule has 0 bridgehead atoms. The third-order valence-electron chi connectivity index (χ3n) is 3.11. The number of anilines is 1. The standard InChI is InChI=1S/C14H21N5/c1-10-5-6-11(15)9-12(10)13-16-17-18-19(13)8-7-14(2,3)4/h5-6,9H,7-8,15H2,1-4H3. The molecule has 1 aromatic heterocycles. The minimum atomic E-state index is 0.258. The molecule has 5 nitrogen and oxygen atoms in total. The molecule has 0 atom stereocenters. The normalized spacial score (nSPS) is 11.8. The molecule has 0 amide bonds. The third-order valence-corrected chi connectivity index (χ3v) is 3.11. The zero-order chi connectivity index (χ0) is 14.0. The fourth-order valence-electron chi connectivity index (χ4n) is 1.87. The number of aryl methyl sites for hydroxylation is 2. The highest BCUT2D eigenvalue weighted by Gasteiger charge is 2.15. The van der Waals surface area contributed by atoms with Crippen LogP contribution in [0, 0.1) is 12.3 Å². The van der Waals surface area contributed by atoms with Crippen molar-refractivity contribution in [3.05, 3.63) is 23.8 Å². The Hall–Kier alpha value is -1.91. The van der Waals surface area contributed by atoms with Gasteiger partial charge in [-0.15, -0.1) is 5.10 Å². The average Bonchev–Trinajstić information content (AvgIpc) is 2.77. The summed E-state index contributed by atoms with van der Waals surface area (Å²) in [6, 6.07) is 5.81. The lowest BCUT2D eigenvalue weighted by molar-refractivity contribution is 0.340. The first-order valence-electron chi connectivity index (χ1n) is 6.49. The van der Waals surface area contributed by atoms with Crippen LogP contribution >= 0.6 is 0 Å². The lowest BCUT2D eigenvalue weighted by Crippen LogP contribution is -2.12. The number of nitrogens with zero attached hydrogens (tertiary/aromatic N) is 4. The van der Waals surface area contributed by atoms with Gasteiger partial charge in [0.15, 0.2) is 5.82 Å². The molecule has 0 unspecified atom stereocenters. The van der Waals surface area contributed by atoms with Crippen molar-refractivity contribution in [2.45, 2.75) is 40.7 Å². The Morgan fingerprint density at radius 3 is 2.68 bits per heavy atom. The van der Waals surface area contributed by atoms with E-state index in [0.717, 1.165) is 35.6 Å². The smallest absolute Gasteiger partial charge is 0.182 e. The summed E-state index contributed by atoms with van der Waals surface area (Å²) in [5.74, 6) is 0.786. The van der Waals surface area contributed by atoms with Crippen molar-refractivity contribution in [1.82, 2.24) is 20.2 Å². The second kappa shape index (κ2) is 4.99. The Balaban J connectivity index is 2.31. The third kappa shape index (κ3) is 3.30. The summed E-state index contributed by atoms with van der Waals surface area (Å²) in [6.07, 6.45) is 1.02. The van der Waals surface area contributed by atoms with Gasteiger partial charge in [-0.05, 0) is 46.9 Å². The second-order valence-corrected chi connectivity index (χ2v) is 6.11. The van der Waals surface area contributed by atoms with Crippen molar-refractivity contribution in [2.75, 3.05) is 5.73 Å². The highest BCUT2D eigenvalue weighted by molar-refractivity contribution is 5.65. The summed E-state index contributed by atoms with van der Waals surface area (Å²) in [7, 11) is 0. The van der Waals surface area contributed by atoms with E-state index in [1.54, 1.807) is 0 Å². The van der Waals surface area contributed by atoms with Crippen LogP contribution in [0.15, 0.2) is 18.2 Å². The van der Waals surface area contributed by atoms with E-state index in [-0.39, 0.29) is 5.41 Å². The fraction of sp³-hybridized carbons (Fsp3) is 0.500. The Morgan fingerprint density at radius 2 is 2.00 bits per heavy atom. The highest BCUT2D eigenvalue weighted by atomic mass is 15.5. The van der Waals surface area contributed by atoms with Gasteiger partial charge < -0.3 is 5.73 Å². The quantitative estimate of drug-likeness (QED) is 0.860. The van der Waals surface area contributed by atoms with E-state index in [9.17, 15) is 0 Å². The molecule has 5 heteroatoms. The molecule has 0 fully saturated rings. The zero-order valence-corrected chi connectivity index (χ0v) is 12.0. The summed E-state index contributed by atoms with van der Waals surface area (Å²) in [6.45, 7) is 9.48. The molecule has 0 aliphatic rings. The van der Waals surface area contributed by atoms with E-state index < -0.39 is 0 Å². The number of nitrogen functional groups attached to an aromatic ring is 1. The van der Waals surface area contributed by atoms with Crippen LogP contribution in [0.2, 0.25) is 0 Å². The van der Waals surface area contributed by atoms with Crippen molar-refractivity contribution >= 4 is 5.69 Å². The predicted molar refractivity (Wildman–Crippen MR) is 76.5 cm³/mol. The first kappa shape index (κ1) is 13.5. The molecule has 2 rings (SSSR count). The topological polar surface area (TPSA) is 69.6 Å². The van der Waals surface area contributed by atoms with Crippen molar-refractivity contribution < 1.29 is 0 Å². The number of hydrogen-bond donors (Lipinski definition) is 1. The first-order chi connectivity index (χ1) is 8.87. The number of rotatable bonds is 3. The van der Waals surface area contributed by atoms with Gasteiger partial charge in [-0.1, -0.05) is 26.8 Å². The van der Waals surface area contributed by atoms with Gasteiger partial charge in [-0.25, -0.2) is 4.68 Å². The molecule has 2 N–H and O–H groups in total. The molecule has 19 heavy (non-hydrogen) atoms. The van der Waals surface area contributed by atoms with Gasteiger partial charge in [-0.2, -0.15) is 0 Å². The average molecular weight is 259 g/mol. The summed E-state index contributed by atoms with van der Waals surface area (Å²) in [5.41, 5.74) is 8.96. The Bertz CT molecular complexity index is 565. The van der Waals surface area contributed by atoms with E-state index in [2.05, 4.69) is 36.3 Å². The molecule has 0 saturated heterocycles. The number of aromatic nitrogens is 4. The van der Waals surface area contributed by atoms with E-state index >= 15 is 0 Å². The Morgan fingerprint density at radius 1 is 1.26 bits per heavy atom. The molecule has 0 aliphatic heterocycles. The molecule has 1 heterocycles. The van der Waals surface area contributed by atoms with Gasteiger partial charge in [0.25, 0.3) is 0 Å². The van der Waals surface area contributed by atoms with Gasteiger partial charge in [0.2, 0.25) is 0 Å². The Kier molecular flexibility index (Phi) is 3.55. The number of benzene rings is 1. The van der Waals surface area contributed by atoms with E-state index in [1.807, 2.05) is 29.8 Å². The minimum absolute atomic E-state index is 0.258. The SMILES string of the molecule is Cc1ccc(N)cc1-c1nnnn1CCC(C)(C)C. The van der Waals surface area contributed by atoms with Crippen molar-refractivity contribution in [1.29, 1.82) is 0 Å². The van der Waals surface area contributed by atoms with Crippen LogP contribution in [0.5, 0.6) is 0 Å². The number of tetrazole rings is 1. The monoisotopic (exact) mass is 259 g/mol. The predicted octanol–water partition coefficient (Wildman–Crippen LogP) is 2.67. The molecule has 2 aromatic rings. The van der Waals surface area contributed by atoms with Crippen LogP contribution in [-0.4, -0.2) is 20.2 Å². The summed E-state index contributed by atoms with van der Waals surface area (Å²) < 4.78 is 1.85. The molecular weight excluding hydrogens is 238 g/mol. The van der Waals surface area contributed by atoms with Crippen molar-refractivity contribution in [2.24, 2.45) is 5.41 Å². The van der Waals surface area contributed by atoms with Gasteiger partial charge in [0.05, 0.1) is 0 Å². The highest BCUT2D eigenvalue weighted by Crippen LogP contribution is 2.25. The lowest BCUT2D eigenvalue weighted by Gasteiger charge is -2.18. The van der Waals surface area contributed by atoms with Crippen molar-refractivity contribution in [3.63, 3.8) is 0 Å². The summed E-state index contributed by atoms with van der Waals surface area (Å²) in [5, 5.41) is 12.0. The maximum Gasteiger partial charge on any atom is 0.182 e. The summed E-state index contributed by atoms with van der Waals surface area (Å²) >= 11 is 0. The Labute approximate surface area is 113 Å². The van der Waals surface area contributed by atoms with Gasteiger partial charge >= 0.3 is 0 Å². The fourth-order valence-corrected chi connectivity index (χ4v) is 1.87. The minimum Gasteiger partial charge on any atom is -0.399 e. The number of hydrogen-bond acceptors (Lipinski definition) is 4. The molecule has 0 radical (unpaired) electrons. The maximum atomic E-state index is 5.85. The molecule has 102 valence electrons.